The molecule has 0 radical (unpaired) electrons. The van der Waals surface area contributed by atoms with E-state index in [0.29, 0.717) is 36.1 Å². The average Bonchev–Trinajstić information content (AvgIpc) is 2.44. The molecule has 0 heterocycles. The first kappa shape index (κ1) is 15.8. The van der Waals surface area contributed by atoms with E-state index in [4.69, 9.17) is 4.74 Å². The number of carbonyl (C=O) groups is 1. The topological polar surface area (TPSA) is 83.9 Å². The summed E-state index contributed by atoms with van der Waals surface area (Å²) in [5, 5.41) is 9.43. The summed E-state index contributed by atoms with van der Waals surface area (Å²) in [5.74, 6) is -1.26. The highest BCUT2D eigenvalue weighted by molar-refractivity contribution is 7.89. The molecule has 1 atom stereocenters. The quantitative estimate of drug-likeness (QED) is 0.909. The van der Waals surface area contributed by atoms with Crippen molar-refractivity contribution >= 4 is 16.0 Å². The number of ether oxygens (including phenoxy) is 1. The van der Waals surface area contributed by atoms with Gasteiger partial charge in [0, 0.05) is 14.1 Å². The number of aliphatic carboxylic acids is 1. The van der Waals surface area contributed by atoms with Gasteiger partial charge >= 0.3 is 5.97 Å². The molecule has 0 aromatic heterocycles. The molecule has 2 rings (SSSR count). The fourth-order valence-corrected chi connectivity index (χ4v) is 3.93. The molecule has 1 aliphatic rings. The number of rotatable bonds is 4. The number of fused-ring (bicyclic) bond motifs is 1. The Hall–Kier alpha value is -1.60. The van der Waals surface area contributed by atoms with Crippen molar-refractivity contribution in [3.63, 3.8) is 0 Å². The van der Waals surface area contributed by atoms with Gasteiger partial charge in [-0.05, 0) is 42.5 Å². The zero-order valence-electron chi connectivity index (χ0n) is 12.3. The SMILES string of the molecule is COc1ccc(S(=O)(=O)N(C)C)c2c1CCC[C@@H]2C(=O)O. The van der Waals surface area contributed by atoms with E-state index in [1.165, 1.54) is 27.3 Å². The molecule has 1 N–H and O–H groups in total. The predicted octanol–water partition coefficient (Wildman–Crippen LogP) is 1.45. The molecule has 0 bridgehead atoms. The summed E-state index contributed by atoms with van der Waals surface area (Å²) in [7, 11) is 0.675. The number of nitrogens with zero attached hydrogens (tertiary/aromatic N) is 1. The van der Waals surface area contributed by atoms with Crippen molar-refractivity contribution in [3.05, 3.63) is 23.3 Å². The van der Waals surface area contributed by atoms with Crippen LogP contribution in [0.2, 0.25) is 0 Å². The Balaban J connectivity index is 2.77. The van der Waals surface area contributed by atoms with Gasteiger partial charge in [-0.2, -0.15) is 0 Å². The van der Waals surface area contributed by atoms with Gasteiger partial charge < -0.3 is 9.84 Å². The first-order valence-corrected chi connectivity index (χ1v) is 8.09. The Morgan fingerprint density at radius 3 is 2.57 bits per heavy atom. The molecule has 116 valence electrons. The first-order chi connectivity index (χ1) is 9.80. The van der Waals surface area contributed by atoms with E-state index in [9.17, 15) is 18.3 Å². The molecule has 1 aromatic carbocycles. The Bertz CT molecular complexity index is 666. The molecule has 6 nitrogen and oxygen atoms in total. The Labute approximate surface area is 124 Å². The zero-order chi connectivity index (χ0) is 15.8. The van der Waals surface area contributed by atoms with Crippen molar-refractivity contribution in [2.24, 2.45) is 0 Å². The van der Waals surface area contributed by atoms with Crippen LogP contribution in [0.3, 0.4) is 0 Å². The van der Waals surface area contributed by atoms with Gasteiger partial charge in [-0.25, -0.2) is 12.7 Å². The van der Waals surface area contributed by atoms with Gasteiger partial charge in [0.1, 0.15) is 5.75 Å². The molecule has 21 heavy (non-hydrogen) atoms. The molecule has 1 aromatic rings. The molecule has 0 aliphatic heterocycles. The van der Waals surface area contributed by atoms with Crippen LogP contribution in [0.4, 0.5) is 0 Å². The molecular weight excluding hydrogens is 294 g/mol. The number of benzene rings is 1. The minimum Gasteiger partial charge on any atom is -0.496 e. The average molecular weight is 313 g/mol. The fourth-order valence-electron chi connectivity index (χ4n) is 2.75. The van der Waals surface area contributed by atoms with Crippen LogP contribution in [0, 0.1) is 0 Å². The second kappa shape index (κ2) is 5.65. The highest BCUT2D eigenvalue weighted by Gasteiger charge is 2.35. The van der Waals surface area contributed by atoms with Crippen LogP contribution in [-0.2, 0) is 21.2 Å². The summed E-state index contributed by atoms with van der Waals surface area (Å²) in [5.41, 5.74) is 1.07. The molecule has 1 aliphatic carbocycles. The molecule has 0 unspecified atom stereocenters. The van der Waals surface area contributed by atoms with Gasteiger partial charge in [0.05, 0.1) is 17.9 Å². The highest BCUT2D eigenvalue weighted by Crippen LogP contribution is 2.41. The summed E-state index contributed by atoms with van der Waals surface area (Å²) in [6.45, 7) is 0. The van der Waals surface area contributed by atoms with Gasteiger partial charge in [0.2, 0.25) is 10.0 Å². The van der Waals surface area contributed by atoms with E-state index in [0.717, 1.165) is 4.31 Å². The Morgan fingerprint density at radius 2 is 2.05 bits per heavy atom. The van der Waals surface area contributed by atoms with Crippen LogP contribution in [0.1, 0.15) is 29.9 Å². The van der Waals surface area contributed by atoms with Crippen molar-refractivity contribution in [1.82, 2.24) is 4.31 Å². The molecule has 0 amide bonds. The van der Waals surface area contributed by atoms with E-state index in [1.54, 1.807) is 6.07 Å². The summed E-state index contributed by atoms with van der Waals surface area (Å²) in [6, 6.07) is 3.04. The van der Waals surface area contributed by atoms with E-state index >= 15 is 0 Å². The largest absolute Gasteiger partial charge is 0.496 e. The number of hydrogen-bond acceptors (Lipinski definition) is 4. The lowest BCUT2D eigenvalue weighted by Gasteiger charge is -2.27. The van der Waals surface area contributed by atoms with E-state index in [1.807, 2.05) is 0 Å². The molecule has 0 saturated heterocycles. The molecule has 0 fully saturated rings. The fraction of sp³-hybridized carbons (Fsp3) is 0.500. The van der Waals surface area contributed by atoms with Crippen LogP contribution >= 0.6 is 0 Å². The minimum atomic E-state index is -3.70. The number of hydrogen-bond donors (Lipinski definition) is 1. The van der Waals surface area contributed by atoms with Gasteiger partial charge in [0.15, 0.2) is 0 Å². The smallest absolute Gasteiger partial charge is 0.311 e. The lowest BCUT2D eigenvalue weighted by atomic mass is 9.82. The number of methoxy groups -OCH3 is 1. The number of sulfonamides is 1. The van der Waals surface area contributed by atoms with Crippen LogP contribution in [0.15, 0.2) is 17.0 Å². The van der Waals surface area contributed by atoms with Gasteiger partial charge in [-0.3, -0.25) is 4.79 Å². The standard InChI is InChI=1S/C14H19NO5S/c1-15(2)21(18,19)12-8-7-11(20-3)9-5-4-6-10(13(9)12)14(16)17/h7-8,10H,4-6H2,1-3H3,(H,16,17)/t10-/m0/s1. The van der Waals surface area contributed by atoms with E-state index in [2.05, 4.69) is 0 Å². The van der Waals surface area contributed by atoms with Crippen LogP contribution in [0.25, 0.3) is 0 Å². The zero-order valence-corrected chi connectivity index (χ0v) is 13.1. The normalized spacial score (nSPS) is 18.4. The minimum absolute atomic E-state index is 0.0652. The van der Waals surface area contributed by atoms with Crippen LogP contribution in [0.5, 0.6) is 5.75 Å². The van der Waals surface area contributed by atoms with Crippen molar-refractivity contribution in [1.29, 1.82) is 0 Å². The van der Waals surface area contributed by atoms with Gasteiger partial charge in [-0.15, -0.1) is 0 Å². The maximum absolute atomic E-state index is 12.5. The first-order valence-electron chi connectivity index (χ1n) is 6.65. The summed E-state index contributed by atoms with van der Waals surface area (Å²) >= 11 is 0. The summed E-state index contributed by atoms with van der Waals surface area (Å²) in [4.78, 5) is 11.6. The Kier molecular flexibility index (Phi) is 4.25. The molecule has 0 spiro atoms. The number of carboxylic acid groups (broad SMARTS) is 1. The highest BCUT2D eigenvalue weighted by atomic mass is 32.2. The van der Waals surface area contributed by atoms with Gasteiger partial charge in [-0.1, -0.05) is 0 Å². The lowest BCUT2D eigenvalue weighted by molar-refractivity contribution is -0.139. The second-order valence-corrected chi connectivity index (χ2v) is 7.35. The maximum atomic E-state index is 12.5. The summed E-state index contributed by atoms with van der Waals surface area (Å²) in [6.07, 6.45) is 1.76. The third kappa shape index (κ3) is 2.63. The number of carboxylic acids is 1. The molecular formula is C14H19NO5S. The van der Waals surface area contributed by atoms with Crippen molar-refractivity contribution in [2.45, 2.75) is 30.1 Å². The van der Waals surface area contributed by atoms with Crippen molar-refractivity contribution in [2.75, 3.05) is 21.2 Å². The maximum Gasteiger partial charge on any atom is 0.311 e. The van der Waals surface area contributed by atoms with Crippen LogP contribution < -0.4 is 4.74 Å². The van der Waals surface area contributed by atoms with Crippen molar-refractivity contribution in [3.8, 4) is 5.75 Å². The summed E-state index contributed by atoms with van der Waals surface area (Å²) < 4.78 is 31.3. The van der Waals surface area contributed by atoms with Crippen molar-refractivity contribution < 1.29 is 23.1 Å². The van der Waals surface area contributed by atoms with Crippen LogP contribution in [-0.4, -0.2) is 45.0 Å². The molecule has 7 heteroatoms. The van der Waals surface area contributed by atoms with Gasteiger partial charge in [0.25, 0.3) is 0 Å². The second-order valence-electron chi connectivity index (χ2n) is 5.23. The predicted molar refractivity (Wildman–Crippen MR) is 77.2 cm³/mol. The molecule has 0 saturated carbocycles. The Morgan fingerprint density at radius 1 is 1.38 bits per heavy atom. The third-order valence-corrected chi connectivity index (χ3v) is 5.69. The van der Waals surface area contributed by atoms with E-state index in [-0.39, 0.29) is 4.90 Å². The lowest BCUT2D eigenvalue weighted by Crippen LogP contribution is -2.27. The third-order valence-electron chi connectivity index (χ3n) is 3.82. The van der Waals surface area contributed by atoms with E-state index < -0.39 is 21.9 Å². The monoisotopic (exact) mass is 313 g/mol.